The number of esters is 1. The number of halogens is 1. The Hall–Kier alpha value is -1.55. The fraction of sp³-hybridized carbons (Fsp3) is 0.154. The number of aryl methyl sites for hydroxylation is 1. The number of methoxy groups -OCH3 is 1. The molecule has 3 nitrogen and oxygen atoms in total. The zero-order valence-corrected chi connectivity index (χ0v) is 11.1. The molecule has 0 saturated heterocycles. The summed E-state index contributed by atoms with van der Waals surface area (Å²) in [5.41, 5.74) is 2.26. The van der Waals surface area contributed by atoms with Crippen molar-refractivity contribution in [1.29, 1.82) is 0 Å². The monoisotopic (exact) mass is 294 g/mol. The van der Waals surface area contributed by atoms with Crippen LogP contribution in [0.4, 0.5) is 0 Å². The van der Waals surface area contributed by atoms with Gasteiger partial charge in [0.2, 0.25) is 0 Å². The molecule has 1 aromatic heterocycles. The van der Waals surface area contributed by atoms with Gasteiger partial charge >= 0.3 is 5.97 Å². The van der Waals surface area contributed by atoms with Crippen LogP contribution in [0.15, 0.2) is 39.4 Å². The Morgan fingerprint density at radius 2 is 2.18 bits per heavy atom. The fourth-order valence-corrected chi connectivity index (χ4v) is 1.94. The third kappa shape index (κ3) is 2.26. The van der Waals surface area contributed by atoms with Crippen LogP contribution in [0, 0.1) is 6.92 Å². The summed E-state index contributed by atoms with van der Waals surface area (Å²) in [5, 5.41) is 0. The second-order valence-corrected chi connectivity index (χ2v) is 4.47. The van der Waals surface area contributed by atoms with Crippen molar-refractivity contribution >= 4 is 21.9 Å². The number of ether oxygens (including phenoxy) is 1. The summed E-state index contributed by atoms with van der Waals surface area (Å²) in [4.78, 5) is 11.7. The number of rotatable bonds is 2. The molecule has 2 rings (SSSR count). The predicted octanol–water partition coefficient (Wildman–Crippen LogP) is 3.80. The lowest BCUT2D eigenvalue weighted by Gasteiger charge is -2.08. The molecular weight excluding hydrogens is 284 g/mol. The van der Waals surface area contributed by atoms with E-state index in [4.69, 9.17) is 9.15 Å². The van der Waals surface area contributed by atoms with Crippen molar-refractivity contribution < 1.29 is 13.9 Å². The molecule has 0 unspecified atom stereocenters. The topological polar surface area (TPSA) is 39.4 Å². The molecule has 1 heterocycles. The molecule has 0 bridgehead atoms. The first-order chi connectivity index (χ1) is 8.13. The molecule has 0 radical (unpaired) electrons. The lowest BCUT2D eigenvalue weighted by molar-refractivity contribution is 0.0601. The number of carbonyl (C=O) groups is 1. The van der Waals surface area contributed by atoms with Gasteiger partial charge in [0.25, 0.3) is 0 Å². The van der Waals surface area contributed by atoms with Crippen LogP contribution >= 0.6 is 15.9 Å². The average Bonchev–Trinajstić information content (AvgIpc) is 2.84. The Morgan fingerprint density at radius 3 is 2.76 bits per heavy atom. The van der Waals surface area contributed by atoms with Crippen molar-refractivity contribution in [3.63, 3.8) is 0 Å². The second kappa shape index (κ2) is 4.75. The predicted molar refractivity (Wildman–Crippen MR) is 67.9 cm³/mol. The summed E-state index contributed by atoms with van der Waals surface area (Å²) >= 11 is 3.40. The first kappa shape index (κ1) is 11.9. The van der Waals surface area contributed by atoms with Gasteiger partial charge in [-0.2, -0.15) is 0 Å². The van der Waals surface area contributed by atoms with E-state index >= 15 is 0 Å². The summed E-state index contributed by atoms with van der Waals surface area (Å²) in [6, 6.07) is 7.25. The zero-order valence-electron chi connectivity index (χ0n) is 9.49. The Labute approximate surface area is 108 Å². The van der Waals surface area contributed by atoms with Crippen molar-refractivity contribution in [2.75, 3.05) is 7.11 Å². The molecule has 2 aromatic rings. The molecule has 0 fully saturated rings. The fourth-order valence-electron chi connectivity index (χ4n) is 1.60. The number of benzene rings is 1. The molecule has 0 aliphatic rings. The molecule has 88 valence electrons. The van der Waals surface area contributed by atoms with E-state index in [2.05, 4.69) is 15.9 Å². The summed E-state index contributed by atoms with van der Waals surface area (Å²) in [7, 11) is 1.36. The van der Waals surface area contributed by atoms with Gasteiger partial charge in [0.05, 0.1) is 18.9 Å². The second-order valence-electron chi connectivity index (χ2n) is 3.62. The highest BCUT2D eigenvalue weighted by Gasteiger charge is 2.16. The molecule has 0 spiro atoms. The molecule has 4 heteroatoms. The average molecular weight is 295 g/mol. The maximum atomic E-state index is 11.7. The normalized spacial score (nSPS) is 10.3. The van der Waals surface area contributed by atoms with Crippen LogP contribution < -0.4 is 0 Å². The van der Waals surface area contributed by atoms with Crippen LogP contribution in [0.3, 0.4) is 0 Å². The van der Waals surface area contributed by atoms with Gasteiger partial charge in [-0.05, 0) is 36.8 Å². The standard InChI is InChI=1S/C13H11BrO3/c1-8-6-9(12-4-3-5-17-12)10(7-11(8)14)13(15)16-2/h3-7H,1-2H3. The smallest absolute Gasteiger partial charge is 0.338 e. The molecule has 0 amide bonds. The Kier molecular flexibility index (Phi) is 3.33. The number of carbonyl (C=O) groups excluding carboxylic acids is 1. The summed E-state index contributed by atoms with van der Waals surface area (Å²) in [6.07, 6.45) is 1.58. The van der Waals surface area contributed by atoms with E-state index in [0.717, 1.165) is 15.6 Å². The molecule has 0 atom stereocenters. The van der Waals surface area contributed by atoms with Crippen LogP contribution in [0.5, 0.6) is 0 Å². The van der Waals surface area contributed by atoms with Crippen LogP contribution in [0.25, 0.3) is 11.3 Å². The number of hydrogen-bond acceptors (Lipinski definition) is 3. The van der Waals surface area contributed by atoms with Gasteiger partial charge in [0, 0.05) is 10.0 Å². The third-order valence-corrected chi connectivity index (χ3v) is 3.35. The highest BCUT2D eigenvalue weighted by Crippen LogP contribution is 2.30. The van der Waals surface area contributed by atoms with Crippen molar-refractivity contribution in [1.82, 2.24) is 0 Å². The molecule has 0 saturated carbocycles. The first-order valence-corrected chi connectivity index (χ1v) is 5.85. The summed E-state index contributed by atoms with van der Waals surface area (Å²) in [5.74, 6) is 0.276. The first-order valence-electron chi connectivity index (χ1n) is 5.06. The van der Waals surface area contributed by atoms with Crippen molar-refractivity contribution in [3.05, 3.63) is 46.1 Å². The van der Waals surface area contributed by atoms with Gasteiger partial charge in [0.15, 0.2) is 0 Å². The Balaban J connectivity index is 2.64. The summed E-state index contributed by atoms with van der Waals surface area (Å²) in [6.45, 7) is 1.96. The highest BCUT2D eigenvalue weighted by atomic mass is 79.9. The van der Waals surface area contributed by atoms with E-state index in [1.807, 2.05) is 19.1 Å². The minimum absolute atomic E-state index is 0.378. The van der Waals surface area contributed by atoms with E-state index in [9.17, 15) is 4.79 Å². The minimum atomic E-state index is -0.378. The van der Waals surface area contributed by atoms with Gasteiger partial charge in [-0.1, -0.05) is 15.9 Å². The van der Waals surface area contributed by atoms with Crippen LogP contribution in [0.1, 0.15) is 15.9 Å². The van der Waals surface area contributed by atoms with Gasteiger partial charge < -0.3 is 9.15 Å². The number of hydrogen-bond donors (Lipinski definition) is 0. The van der Waals surface area contributed by atoms with Gasteiger partial charge in [-0.25, -0.2) is 4.79 Å². The minimum Gasteiger partial charge on any atom is -0.465 e. The summed E-state index contributed by atoms with van der Waals surface area (Å²) < 4.78 is 11.0. The lowest BCUT2D eigenvalue weighted by Crippen LogP contribution is -2.04. The van der Waals surface area contributed by atoms with Gasteiger partial charge in [-0.15, -0.1) is 0 Å². The maximum Gasteiger partial charge on any atom is 0.338 e. The lowest BCUT2D eigenvalue weighted by atomic mass is 10.0. The van der Waals surface area contributed by atoms with Crippen LogP contribution in [-0.4, -0.2) is 13.1 Å². The Morgan fingerprint density at radius 1 is 1.41 bits per heavy atom. The van der Waals surface area contributed by atoms with Crippen molar-refractivity contribution in [2.24, 2.45) is 0 Å². The maximum absolute atomic E-state index is 11.7. The van der Waals surface area contributed by atoms with Crippen LogP contribution in [-0.2, 0) is 4.74 Å². The highest BCUT2D eigenvalue weighted by molar-refractivity contribution is 9.10. The quantitative estimate of drug-likeness (QED) is 0.791. The third-order valence-electron chi connectivity index (χ3n) is 2.49. The van der Waals surface area contributed by atoms with Gasteiger partial charge in [-0.3, -0.25) is 0 Å². The van der Waals surface area contributed by atoms with E-state index in [1.165, 1.54) is 7.11 Å². The molecule has 0 aliphatic heterocycles. The SMILES string of the molecule is COC(=O)c1cc(Br)c(C)cc1-c1ccco1. The van der Waals surface area contributed by atoms with Crippen molar-refractivity contribution in [2.45, 2.75) is 6.92 Å². The Bertz CT molecular complexity index is 544. The van der Waals surface area contributed by atoms with Gasteiger partial charge in [0.1, 0.15) is 5.76 Å². The van der Waals surface area contributed by atoms with E-state index in [-0.39, 0.29) is 5.97 Å². The van der Waals surface area contributed by atoms with E-state index < -0.39 is 0 Å². The molecular formula is C13H11BrO3. The van der Waals surface area contributed by atoms with Crippen LogP contribution in [0.2, 0.25) is 0 Å². The van der Waals surface area contributed by atoms with E-state index in [0.29, 0.717) is 11.3 Å². The molecule has 0 N–H and O–H groups in total. The number of furan rings is 1. The molecule has 0 aliphatic carbocycles. The largest absolute Gasteiger partial charge is 0.465 e. The van der Waals surface area contributed by atoms with Crippen molar-refractivity contribution in [3.8, 4) is 11.3 Å². The molecule has 17 heavy (non-hydrogen) atoms. The molecule has 1 aromatic carbocycles. The van der Waals surface area contributed by atoms with E-state index in [1.54, 1.807) is 18.4 Å². The zero-order chi connectivity index (χ0) is 12.4.